The van der Waals surface area contributed by atoms with Crippen LogP contribution in [-0.4, -0.2) is 51.9 Å². The van der Waals surface area contributed by atoms with Crippen molar-refractivity contribution in [1.82, 2.24) is 9.88 Å². The Bertz CT molecular complexity index is 1020. The monoisotopic (exact) mass is 454 g/mol. The van der Waals surface area contributed by atoms with Crippen molar-refractivity contribution in [3.8, 4) is 5.75 Å². The van der Waals surface area contributed by atoms with E-state index in [1.165, 1.54) is 4.90 Å². The normalized spacial score (nSPS) is 22.9. The summed E-state index contributed by atoms with van der Waals surface area (Å²) in [5.74, 6) is -0.0237. The maximum absolute atomic E-state index is 13.1. The standard InChI is InChI=1S/C24H26N2O5S/c1-14-19(13-32-18-8-10-25-11-9-18)22(26-21(14)20(15(2)27)23(26)28)24(29)31-12-16-4-6-17(30-3)7-5-16/h4-11,14-15,20-21,27H,12-13H2,1-3H3/t14?,15?,20-,21-/m1/s1. The van der Waals surface area contributed by atoms with E-state index in [-0.39, 0.29) is 24.5 Å². The number of thioether (sulfide) groups is 1. The maximum atomic E-state index is 13.1. The summed E-state index contributed by atoms with van der Waals surface area (Å²) in [6.45, 7) is 3.72. The lowest BCUT2D eigenvalue weighted by Crippen LogP contribution is -2.63. The highest BCUT2D eigenvalue weighted by molar-refractivity contribution is 7.99. The van der Waals surface area contributed by atoms with E-state index in [9.17, 15) is 14.7 Å². The van der Waals surface area contributed by atoms with Crippen molar-refractivity contribution >= 4 is 23.6 Å². The van der Waals surface area contributed by atoms with Crippen LogP contribution in [0, 0.1) is 11.8 Å². The van der Waals surface area contributed by atoms with Gasteiger partial charge in [0.2, 0.25) is 5.91 Å². The number of nitrogens with zero attached hydrogens (tertiary/aromatic N) is 2. The average Bonchev–Trinajstić information content (AvgIpc) is 3.04. The Kier molecular flexibility index (Phi) is 6.53. The first-order valence-electron chi connectivity index (χ1n) is 10.5. The molecule has 1 fully saturated rings. The first-order valence-corrected chi connectivity index (χ1v) is 11.5. The largest absolute Gasteiger partial charge is 0.497 e. The number of aromatic nitrogens is 1. The molecular formula is C24H26N2O5S. The van der Waals surface area contributed by atoms with Crippen LogP contribution in [0.4, 0.5) is 0 Å². The molecular weight excluding hydrogens is 428 g/mol. The Morgan fingerprint density at radius 3 is 2.53 bits per heavy atom. The zero-order valence-corrected chi connectivity index (χ0v) is 19.0. The number of fused-ring (bicyclic) bond motifs is 1. The number of hydrogen-bond acceptors (Lipinski definition) is 7. The third-order valence-electron chi connectivity index (χ3n) is 6.08. The molecule has 1 amide bonds. The predicted molar refractivity (Wildman–Crippen MR) is 120 cm³/mol. The van der Waals surface area contributed by atoms with Crippen molar-refractivity contribution < 1.29 is 24.2 Å². The molecule has 1 saturated heterocycles. The zero-order chi connectivity index (χ0) is 22.8. The van der Waals surface area contributed by atoms with E-state index in [0.29, 0.717) is 11.4 Å². The molecule has 1 aromatic heterocycles. The number of benzene rings is 1. The third kappa shape index (κ3) is 4.12. The number of aliphatic hydroxyl groups excluding tert-OH is 1. The van der Waals surface area contributed by atoms with Crippen LogP contribution in [0.1, 0.15) is 19.4 Å². The lowest BCUT2D eigenvalue weighted by molar-refractivity contribution is -0.164. The van der Waals surface area contributed by atoms with Gasteiger partial charge >= 0.3 is 5.97 Å². The van der Waals surface area contributed by atoms with Gasteiger partial charge in [0.05, 0.1) is 25.2 Å². The second-order valence-electron chi connectivity index (χ2n) is 8.02. The fourth-order valence-corrected chi connectivity index (χ4v) is 5.39. The highest BCUT2D eigenvalue weighted by atomic mass is 32.2. The van der Waals surface area contributed by atoms with Crippen LogP contribution in [0.15, 0.2) is 65.0 Å². The fourth-order valence-electron chi connectivity index (χ4n) is 4.36. The van der Waals surface area contributed by atoms with E-state index in [1.807, 2.05) is 31.2 Å². The van der Waals surface area contributed by atoms with Gasteiger partial charge in [-0.15, -0.1) is 11.8 Å². The van der Waals surface area contributed by atoms with E-state index in [1.54, 1.807) is 50.3 Å². The Morgan fingerprint density at radius 2 is 1.91 bits per heavy atom. The smallest absolute Gasteiger partial charge is 0.355 e. The van der Waals surface area contributed by atoms with E-state index in [0.717, 1.165) is 21.8 Å². The average molecular weight is 455 g/mol. The second kappa shape index (κ2) is 9.34. The van der Waals surface area contributed by atoms with Gasteiger partial charge in [-0.1, -0.05) is 19.1 Å². The molecule has 2 aromatic rings. The van der Waals surface area contributed by atoms with Crippen molar-refractivity contribution in [2.45, 2.75) is 37.5 Å². The molecule has 8 heteroatoms. The topological polar surface area (TPSA) is 89.0 Å². The van der Waals surface area contributed by atoms with Gasteiger partial charge in [-0.25, -0.2) is 4.79 Å². The van der Waals surface area contributed by atoms with E-state index in [4.69, 9.17) is 9.47 Å². The number of rotatable bonds is 8. The summed E-state index contributed by atoms with van der Waals surface area (Å²) >= 11 is 1.58. The molecule has 1 aromatic carbocycles. The highest BCUT2D eigenvalue weighted by Gasteiger charge is 2.59. The van der Waals surface area contributed by atoms with E-state index >= 15 is 0 Å². The molecule has 0 radical (unpaired) electrons. The van der Waals surface area contributed by atoms with Gasteiger partial charge in [0.25, 0.3) is 0 Å². The molecule has 4 atom stereocenters. The summed E-state index contributed by atoms with van der Waals surface area (Å²) in [7, 11) is 1.59. The molecule has 0 saturated carbocycles. The first-order chi connectivity index (χ1) is 15.4. The van der Waals surface area contributed by atoms with Crippen LogP contribution in [0.3, 0.4) is 0 Å². The zero-order valence-electron chi connectivity index (χ0n) is 18.2. The number of amides is 1. The van der Waals surface area contributed by atoms with Gasteiger partial charge in [0, 0.05) is 29.0 Å². The number of ether oxygens (including phenoxy) is 2. The maximum Gasteiger partial charge on any atom is 0.355 e. The highest BCUT2D eigenvalue weighted by Crippen LogP contribution is 2.48. The van der Waals surface area contributed by atoms with Crippen molar-refractivity contribution in [1.29, 1.82) is 0 Å². The molecule has 0 bridgehead atoms. The number of methoxy groups -OCH3 is 1. The van der Waals surface area contributed by atoms with Crippen molar-refractivity contribution in [2.75, 3.05) is 12.9 Å². The number of hydrogen-bond donors (Lipinski definition) is 1. The quantitative estimate of drug-likeness (QED) is 0.373. The Labute approximate surface area is 191 Å². The molecule has 1 N–H and O–H groups in total. The number of esters is 1. The van der Waals surface area contributed by atoms with Crippen molar-refractivity contribution in [3.05, 3.63) is 65.6 Å². The Balaban J connectivity index is 1.55. The molecule has 32 heavy (non-hydrogen) atoms. The lowest BCUT2D eigenvalue weighted by atomic mass is 9.78. The molecule has 7 nitrogen and oxygen atoms in total. The van der Waals surface area contributed by atoms with Crippen LogP contribution < -0.4 is 4.74 Å². The molecule has 2 unspecified atom stereocenters. The van der Waals surface area contributed by atoms with Crippen LogP contribution in [0.25, 0.3) is 0 Å². The van der Waals surface area contributed by atoms with Gasteiger partial charge < -0.3 is 19.5 Å². The van der Waals surface area contributed by atoms with Gasteiger partial charge in [-0.3, -0.25) is 9.78 Å². The second-order valence-corrected chi connectivity index (χ2v) is 9.07. The van der Waals surface area contributed by atoms with Crippen molar-refractivity contribution in [3.63, 3.8) is 0 Å². The Hall–Kier alpha value is -2.84. The number of pyridine rings is 1. The lowest BCUT2D eigenvalue weighted by Gasteiger charge is -2.46. The first kappa shape index (κ1) is 22.4. The number of aliphatic hydroxyl groups is 1. The van der Waals surface area contributed by atoms with Gasteiger partial charge in [0.1, 0.15) is 18.1 Å². The van der Waals surface area contributed by atoms with Crippen LogP contribution >= 0.6 is 11.8 Å². The summed E-state index contributed by atoms with van der Waals surface area (Å²) < 4.78 is 10.8. The predicted octanol–water partition coefficient (Wildman–Crippen LogP) is 3.04. The van der Waals surface area contributed by atoms with Crippen LogP contribution in [0.5, 0.6) is 5.75 Å². The summed E-state index contributed by atoms with van der Waals surface area (Å²) in [6, 6.07) is 10.9. The molecule has 2 aliphatic rings. The minimum Gasteiger partial charge on any atom is -0.497 e. The molecule has 2 aliphatic heterocycles. The third-order valence-corrected chi connectivity index (χ3v) is 7.14. The van der Waals surface area contributed by atoms with Crippen LogP contribution in [0.2, 0.25) is 0 Å². The van der Waals surface area contributed by atoms with Gasteiger partial charge in [-0.2, -0.15) is 0 Å². The molecule has 3 heterocycles. The number of carbonyl (C=O) groups is 2. The fraction of sp³-hybridized carbons (Fsp3) is 0.375. The van der Waals surface area contributed by atoms with Crippen LogP contribution in [-0.2, 0) is 20.9 Å². The minimum atomic E-state index is -0.769. The number of carbonyl (C=O) groups excluding carboxylic acids is 2. The van der Waals surface area contributed by atoms with E-state index < -0.39 is 18.0 Å². The molecule has 4 rings (SSSR count). The number of β-lactam (4-membered cyclic amide) rings is 1. The summed E-state index contributed by atoms with van der Waals surface area (Å²) in [5, 5.41) is 10.1. The molecule has 0 aliphatic carbocycles. The van der Waals surface area contributed by atoms with Crippen molar-refractivity contribution in [2.24, 2.45) is 11.8 Å². The SMILES string of the molecule is COc1ccc(COC(=O)C2=C(CSc3ccncc3)C(C)[C@@H]3[C@@H](C(C)O)C(=O)N23)cc1. The minimum absolute atomic E-state index is 0.0508. The van der Waals surface area contributed by atoms with E-state index in [2.05, 4.69) is 4.98 Å². The molecule has 0 spiro atoms. The Morgan fingerprint density at radius 1 is 1.22 bits per heavy atom. The summed E-state index contributed by atoms with van der Waals surface area (Å²) in [6.07, 6.45) is 2.67. The van der Waals surface area contributed by atoms with Gasteiger partial charge in [-0.05, 0) is 42.3 Å². The summed E-state index contributed by atoms with van der Waals surface area (Å²) in [5.41, 5.74) is 2.01. The van der Waals surface area contributed by atoms with Gasteiger partial charge in [0.15, 0.2) is 0 Å². The summed E-state index contributed by atoms with van der Waals surface area (Å²) in [4.78, 5) is 32.5. The molecule has 168 valence electrons.